The number of carbonyl (C=O) groups is 1. The number of aromatic nitrogens is 2. The van der Waals surface area contributed by atoms with Crippen molar-refractivity contribution in [2.24, 2.45) is 7.05 Å². The van der Waals surface area contributed by atoms with Gasteiger partial charge in [0, 0.05) is 39.0 Å². The number of hydrogen-bond acceptors (Lipinski definition) is 3. The Balaban J connectivity index is 1.89. The van der Waals surface area contributed by atoms with Crippen LogP contribution in [0.2, 0.25) is 0 Å². The summed E-state index contributed by atoms with van der Waals surface area (Å²) in [6.07, 6.45) is 4.15. The lowest BCUT2D eigenvalue weighted by Gasteiger charge is -2.15. The summed E-state index contributed by atoms with van der Waals surface area (Å²) in [4.78, 5) is 17.2. The number of rotatable bonds is 3. The maximum atomic E-state index is 11.4. The van der Waals surface area contributed by atoms with E-state index in [9.17, 15) is 9.90 Å². The summed E-state index contributed by atoms with van der Waals surface area (Å²) in [7, 11) is 1.93. The molecule has 1 fully saturated rings. The summed E-state index contributed by atoms with van der Waals surface area (Å²) < 4.78 is 1.94. The second-order valence-electron chi connectivity index (χ2n) is 3.90. The van der Waals surface area contributed by atoms with Crippen LogP contribution >= 0.6 is 0 Å². The smallest absolute Gasteiger partial charge is 0.225 e. The Morgan fingerprint density at radius 3 is 3.00 bits per heavy atom. The average Bonchev–Trinajstić information content (AvgIpc) is 2.70. The third-order valence-electron chi connectivity index (χ3n) is 2.72. The number of likely N-dealkylation sites (tertiary alicyclic amines) is 1. The van der Waals surface area contributed by atoms with Gasteiger partial charge in [-0.05, 0) is 0 Å². The molecule has 0 aromatic carbocycles. The Kier molecular flexibility index (Phi) is 2.73. The predicted octanol–water partition coefficient (Wildman–Crippen LogP) is -0.444. The fraction of sp³-hybridized carbons (Fsp3) is 0.600. The van der Waals surface area contributed by atoms with Crippen molar-refractivity contribution < 1.29 is 9.90 Å². The highest BCUT2D eigenvalue weighted by Crippen LogP contribution is 2.11. The zero-order chi connectivity index (χ0) is 10.8. The SMILES string of the molecule is Cn1ccnc1CCN1CC(O)CC1=O. The molecule has 2 heterocycles. The molecular weight excluding hydrogens is 194 g/mol. The van der Waals surface area contributed by atoms with Gasteiger partial charge in [-0.2, -0.15) is 0 Å². The highest BCUT2D eigenvalue weighted by atomic mass is 16.3. The van der Waals surface area contributed by atoms with E-state index >= 15 is 0 Å². The largest absolute Gasteiger partial charge is 0.391 e. The number of aliphatic hydroxyl groups excluding tert-OH is 1. The first kappa shape index (κ1) is 10.2. The van der Waals surface area contributed by atoms with Crippen LogP contribution in [0.15, 0.2) is 12.4 Å². The molecule has 1 atom stereocenters. The van der Waals surface area contributed by atoms with E-state index in [2.05, 4.69) is 4.98 Å². The number of β-amino-alcohol motifs (C(OH)–C–C–N with tert-alkyl or cyclic N) is 1. The van der Waals surface area contributed by atoms with Crippen LogP contribution in [0.1, 0.15) is 12.2 Å². The zero-order valence-electron chi connectivity index (χ0n) is 8.76. The minimum Gasteiger partial charge on any atom is -0.391 e. The van der Waals surface area contributed by atoms with Gasteiger partial charge in [0.15, 0.2) is 0 Å². The van der Waals surface area contributed by atoms with E-state index in [1.807, 2.05) is 17.8 Å². The Bertz CT molecular complexity index is 361. The molecule has 0 radical (unpaired) electrons. The Labute approximate surface area is 88.3 Å². The van der Waals surface area contributed by atoms with E-state index in [-0.39, 0.29) is 12.3 Å². The van der Waals surface area contributed by atoms with Gasteiger partial charge in [-0.3, -0.25) is 4.79 Å². The Hall–Kier alpha value is -1.36. The van der Waals surface area contributed by atoms with Crippen LogP contribution in [-0.2, 0) is 18.3 Å². The topological polar surface area (TPSA) is 58.4 Å². The summed E-state index contributed by atoms with van der Waals surface area (Å²) in [6, 6.07) is 0. The molecule has 1 amide bonds. The summed E-state index contributed by atoms with van der Waals surface area (Å²) in [5.74, 6) is 1.00. The normalized spacial score (nSPS) is 21.3. The second-order valence-corrected chi connectivity index (χ2v) is 3.90. The van der Waals surface area contributed by atoms with Gasteiger partial charge in [0.2, 0.25) is 5.91 Å². The molecule has 1 aliphatic rings. The van der Waals surface area contributed by atoms with Crippen LogP contribution in [0.5, 0.6) is 0 Å². The summed E-state index contributed by atoms with van der Waals surface area (Å²) in [5, 5.41) is 9.30. The van der Waals surface area contributed by atoms with Crippen molar-refractivity contribution in [3.05, 3.63) is 18.2 Å². The molecule has 0 saturated carbocycles. The van der Waals surface area contributed by atoms with Gasteiger partial charge in [-0.25, -0.2) is 4.98 Å². The molecule has 2 rings (SSSR count). The molecule has 1 N–H and O–H groups in total. The molecule has 0 spiro atoms. The van der Waals surface area contributed by atoms with Crippen molar-refractivity contribution in [1.82, 2.24) is 14.5 Å². The quantitative estimate of drug-likeness (QED) is 0.734. The maximum absolute atomic E-state index is 11.4. The number of amides is 1. The number of aryl methyl sites for hydroxylation is 1. The Morgan fingerprint density at radius 1 is 1.67 bits per heavy atom. The van der Waals surface area contributed by atoms with Crippen LogP contribution in [0.25, 0.3) is 0 Å². The molecule has 5 heteroatoms. The van der Waals surface area contributed by atoms with Gasteiger partial charge in [0.25, 0.3) is 0 Å². The van der Waals surface area contributed by atoms with Gasteiger partial charge in [-0.15, -0.1) is 0 Å². The average molecular weight is 209 g/mol. The maximum Gasteiger partial charge on any atom is 0.225 e. The molecule has 82 valence electrons. The molecule has 1 aliphatic heterocycles. The van der Waals surface area contributed by atoms with E-state index in [4.69, 9.17) is 0 Å². The lowest BCUT2D eigenvalue weighted by molar-refractivity contribution is -0.127. The molecule has 1 unspecified atom stereocenters. The van der Waals surface area contributed by atoms with Crippen molar-refractivity contribution in [2.75, 3.05) is 13.1 Å². The standard InChI is InChI=1S/C10H15N3O2/c1-12-5-3-11-9(12)2-4-13-7-8(14)6-10(13)15/h3,5,8,14H,2,4,6-7H2,1H3. The number of aliphatic hydroxyl groups is 1. The third kappa shape index (κ3) is 2.18. The van der Waals surface area contributed by atoms with Gasteiger partial charge in [0.05, 0.1) is 12.5 Å². The van der Waals surface area contributed by atoms with Gasteiger partial charge < -0.3 is 14.6 Å². The van der Waals surface area contributed by atoms with Crippen LogP contribution < -0.4 is 0 Å². The van der Waals surface area contributed by atoms with Gasteiger partial charge in [-0.1, -0.05) is 0 Å². The molecule has 0 aliphatic carbocycles. The first-order valence-corrected chi connectivity index (χ1v) is 5.09. The number of carbonyl (C=O) groups excluding carboxylic acids is 1. The third-order valence-corrected chi connectivity index (χ3v) is 2.72. The molecular formula is C10H15N3O2. The van der Waals surface area contributed by atoms with E-state index in [0.717, 1.165) is 12.2 Å². The molecule has 1 aromatic heterocycles. The van der Waals surface area contributed by atoms with E-state index in [1.54, 1.807) is 11.1 Å². The number of hydrogen-bond donors (Lipinski definition) is 1. The molecule has 1 aromatic rings. The van der Waals surface area contributed by atoms with E-state index in [0.29, 0.717) is 13.1 Å². The predicted molar refractivity (Wildman–Crippen MR) is 54.1 cm³/mol. The van der Waals surface area contributed by atoms with Crippen molar-refractivity contribution >= 4 is 5.91 Å². The van der Waals surface area contributed by atoms with Crippen LogP contribution in [0, 0.1) is 0 Å². The lowest BCUT2D eigenvalue weighted by Crippen LogP contribution is -2.28. The first-order chi connectivity index (χ1) is 7.16. The highest BCUT2D eigenvalue weighted by Gasteiger charge is 2.27. The van der Waals surface area contributed by atoms with Crippen molar-refractivity contribution in [1.29, 1.82) is 0 Å². The second kappa shape index (κ2) is 4.02. The minimum atomic E-state index is -0.487. The zero-order valence-corrected chi connectivity index (χ0v) is 8.76. The monoisotopic (exact) mass is 209 g/mol. The van der Waals surface area contributed by atoms with E-state index in [1.165, 1.54) is 0 Å². The lowest BCUT2D eigenvalue weighted by atomic mass is 10.3. The first-order valence-electron chi connectivity index (χ1n) is 5.09. The van der Waals surface area contributed by atoms with E-state index < -0.39 is 6.10 Å². The van der Waals surface area contributed by atoms with Crippen molar-refractivity contribution in [3.8, 4) is 0 Å². The number of nitrogens with zero attached hydrogens (tertiary/aromatic N) is 3. The molecule has 15 heavy (non-hydrogen) atoms. The number of imidazole rings is 1. The van der Waals surface area contributed by atoms with Crippen LogP contribution in [-0.4, -0.2) is 44.7 Å². The summed E-state index contributed by atoms with van der Waals surface area (Å²) >= 11 is 0. The molecule has 1 saturated heterocycles. The summed E-state index contributed by atoms with van der Waals surface area (Å²) in [5.41, 5.74) is 0. The fourth-order valence-electron chi connectivity index (χ4n) is 1.84. The van der Waals surface area contributed by atoms with Crippen molar-refractivity contribution in [3.63, 3.8) is 0 Å². The summed E-state index contributed by atoms with van der Waals surface area (Å²) in [6.45, 7) is 1.10. The Morgan fingerprint density at radius 2 is 2.47 bits per heavy atom. The molecule has 5 nitrogen and oxygen atoms in total. The fourth-order valence-corrected chi connectivity index (χ4v) is 1.84. The van der Waals surface area contributed by atoms with Crippen LogP contribution in [0.3, 0.4) is 0 Å². The van der Waals surface area contributed by atoms with Crippen LogP contribution in [0.4, 0.5) is 0 Å². The van der Waals surface area contributed by atoms with Gasteiger partial charge in [0.1, 0.15) is 5.82 Å². The molecule has 0 bridgehead atoms. The van der Waals surface area contributed by atoms with Gasteiger partial charge >= 0.3 is 0 Å². The van der Waals surface area contributed by atoms with Crippen molar-refractivity contribution in [2.45, 2.75) is 18.9 Å². The minimum absolute atomic E-state index is 0.0386. The highest BCUT2D eigenvalue weighted by molar-refractivity contribution is 5.78.